The van der Waals surface area contributed by atoms with Gasteiger partial charge in [-0.15, -0.1) is 0 Å². The van der Waals surface area contributed by atoms with Crippen molar-refractivity contribution in [3.05, 3.63) is 58.7 Å². The van der Waals surface area contributed by atoms with Gasteiger partial charge in [-0.05, 0) is 56.9 Å². The minimum atomic E-state index is -1.30. The van der Waals surface area contributed by atoms with Gasteiger partial charge in [0.2, 0.25) is 0 Å². The van der Waals surface area contributed by atoms with Gasteiger partial charge in [-0.25, -0.2) is 9.18 Å². The zero-order chi connectivity index (χ0) is 23.0. The monoisotopic (exact) mass is 441 g/mol. The maximum Gasteiger partial charge on any atom is 0.325 e. The van der Waals surface area contributed by atoms with E-state index in [1.807, 2.05) is 13.8 Å². The van der Waals surface area contributed by atoms with E-state index < -0.39 is 23.3 Å². The molecule has 4 rings (SSSR count). The molecular weight excluding hydrogens is 413 g/mol. The second-order valence-corrected chi connectivity index (χ2v) is 8.54. The first-order chi connectivity index (χ1) is 15.3. The smallest absolute Gasteiger partial charge is 0.325 e. The number of halogens is 1. The zero-order valence-corrected chi connectivity index (χ0v) is 18.6. The molecule has 0 bridgehead atoms. The number of hydrogen-bond acceptors (Lipinski definition) is 4. The Labute approximate surface area is 186 Å². The molecule has 2 atom stereocenters. The Bertz CT molecular complexity index is 1060. The van der Waals surface area contributed by atoms with Crippen LogP contribution in [0.5, 0.6) is 0 Å². The van der Waals surface area contributed by atoms with Crippen LogP contribution in [0.25, 0.3) is 0 Å². The minimum Gasteiger partial charge on any atom is -0.376 e. The van der Waals surface area contributed by atoms with E-state index in [0.29, 0.717) is 17.7 Å². The second-order valence-electron chi connectivity index (χ2n) is 8.54. The Kier molecular flexibility index (Phi) is 5.90. The summed E-state index contributed by atoms with van der Waals surface area (Å²) >= 11 is 0. The van der Waals surface area contributed by atoms with E-state index in [1.54, 1.807) is 13.0 Å². The molecular formula is C24H28FN3O4. The molecule has 3 amide bonds. The van der Waals surface area contributed by atoms with Crippen LogP contribution in [-0.4, -0.2) is 46.4 Å². The van der Waals surface area contributed by atoms with E-state index in [2.05, 4.69) is 9.88 Å². The van der Waals surface area contributed by atoms with E-state index >= 15 is 0 Å². The number of nitrogens with one attached hydrogen (secondary N) is 1. The number of aromatic nitrogens is 1. The number of carbonyl (C=O) groups excluding carboxylic acids is 3. The molecule has 0 radical (unpaired) electrons. The first-order valence-electron chi connectivity index (χ1n) is 11.0. The van der Waals surface area contributed by atoms with Gasteiger partial charge in [0.1, 0.15) is 11.4 Å². The van der Waals surface area contributed by atoms with Crippen molar-refractivity contribution in [2.75, 3.05) is 13.2 Å². The summed E-state index contributed by atoms with van der Waals surface area (Å²) in [6.45, 7) is 6.66. The molecule has 2 aliphatic rings. The highest BCUT2D eigenvalue weighted by Crippen LogP contribution is 2.33. The number of amides is 3. The quantitative estimate of drug-likeness (QED) is 0.527. The molecule has 2 saturated heterocycles. The minimum absolute atomic E-state index is 0.134. The number of ketones is 1. The number of hydrogen-bond donors (Lipinski definition) is 1. The number of ether oxygens (including phenoxy) is 1. The zero-order valence-electron chi connectivity index (χ0n) is 18.6. The van der Waals surface area contributed by atoms with Crippen molar-refractivity contribution in [1.29, 1.82) is 0 Å². The third kappa shape index (κ3) is 3.72. The lowest BCUT2D eigenvalue weighted by Gasteiger charge is -2.25. The Morgan fingerprint density at radius 1 is 1.25 bits per heavy atom. The van der Waals surface area contributed by atoms with Gasteiger partial charge in [0.15, 0.2) is 5.78 Å². The Hall–Kier alpha value is -3.00. The Morgan fingerprint density at radius 2 is 1.97 bits per heavy atom. The van der Waals surface area contributed by atoms with Crippen LogP contribution in [0, 0.1) is 19.7 Å². The summed E-state index contributed by atoms with van der Waals surface area (Å²) in [5.41, 5.74) is 1.42. The lowest BCUT2D eigenvalue weighted by Crippen LogP contribution is -2.43. The third-order valence-electron chi connectivity index (χ3n) is 6.63. The summed E-state index contributed by atoms with van der Waals surface area (Å²) in [5, 5.41) is 2.73. The fourth-order valence-electron chi connectivity index (χ4n) is 4.73. The number of Topliss-reactive ketones (excluding diaryl/α,β-unsaturated/α-hetero) is 1. The van der Waals surface area contributed by atoms with Crippen molar-refractivity contribution < 1.29 is 23.5 Å². The van der Waals surface area contributed by atoms with Crippen molar-refractivity contribution in [2.24, 2.45) is 0 Å². The van der Waals surface area contributed by atoms with E-state index in [4.69, 9.17) is 4.74 Å². The lowest BCUT2D eigenvalue weighted by atomic mass is 9.87. The molecule has 0 saturated carbocycles. The molecule has 0 spiro atoms. The van der Waals surface area contributed by atoms with Gasteiger partial charge < -0.3 is 14.6 Å². The molecule has 0 unspecified atom stereocenters. The van der Waals surface area contributed by atoms with Crippen molar-refractivity contribution in [2.45, 2.75) is 58.2 Å². The molecule has 32 heavy (non-hydrogen) atoms. The van der Waals surface area contributed by atoms with Crippen molar-refractivity contribution in [3.8, 4) is 0 Å². The number of carbonyl (C=O) groups is 3. The molecule has 1 aromatic carbocycles. The van der Waals surface area contributed by atoms with Crippen LogP contribution >= 0.6 is 0 Å². The van der Waals surface area contributed by atoms with Crippen LogP contribution < -0.4 is 5.32 Å². The van der Waals surface area contributed by atoms with Gasteiger partial charge in [-0.2, -0.15) is 0 Å². The van der Waals surface area contributed by atoms with E-state index in [0.717, 1.165) is 35.7 Å². The van der Waals surface area contributed by atoms with Crippen molar-refractivity contribution in [3.63, 3.8) is 0 Å². The van der Waals surface area contributed by atoms with Gasteiger partial charge in [0, 0.05) is 30.1 Å². The van der Waals surface area contributed by atoms with E-state index in [-0.39, 0.29) is 24.9 Å². The number of rotatable bonds is 7. The molecule has 2 aliphatic heterocycles. The SMILES string of the molecule is CC[C@@]1(c2ccc(F)cc2)NC(=O)N(CC(=O)c2cc(C)n(C[C@@H]3CCCO3)c2C)C1=O. The molecule has 8 heteroatoms. The number of benzene rings is 1. The summed E-state index contributed by atoms with van der Waals surface area (Å²) in [6.07, 6.45) is 2.44. The Balaban J connectivity index is 1.55. The highest BCUT2D eigenvalue weighted by molar-refractivity contribution is 6.11. The van der Waals surface area contributed by atoms with Crippen LogP contribution in [0.1, 0.15) is 53.5 Å². The molecule has 1 aromatic heterocycles. The summed E-state index contributed by atoms with van der Waals surface area (Å²) in [4.78, 5) is 40.1. The summed E-state index contributed by atoms with van der Waals surface area (Å²) < 4.78 is 21.2. The van der Waals surface area contributed by atoms with Crippen molar-refractivity contribution in [1.82, 2.24) is 14.8 Å². The van der Waals surface area contributed by atoms with Gasteiger partial charge >= 0.3 is 6.03 Å². The van der Waals surface area contributed by atoms with E-state index in [1.165, 1.54) is 24.3 Å². The average molecular weight is 442 g/mol. The largest absolute Gasteiger partial charge is 0.376 e. The van der Waals surface area contributed by atoms with Crippen LogP contribution in [-0.2, 0) is 21.6 Å². The van der Waals surface area contributed by atoms with Gasteiger partial charge in [-0.1, -0.05) is 19.1 Å². The number of aryl methyl sites for hydroxylation is 1. The van der Waals surface area contributed by atoms with Gasteiger partial charge in [0.25, 0.3) is 5.91 Å². The third-order valence-corrected chi connectivity index (χ3v) is 6.63. The molecule has 7 nitrogen and oxygen atoms in total. The number of nitrogens with zero attached hydrogens (tertiary/aromatic N) is 2. The first-order valence-corrected chi connectivity index (χ1v) is 11.0. The van der Waals surface area contributed by atoms with Crippen LogP contribution in [0.15, 0.2) is 30.3 Å². The highest BCUT2D eigenvalue weighted by Gasteiger charge is 2.51. The summed E-state index contributed by atoms with van der Waals surface area (Å²) in [7, 11) is 0. The Morgan fingerprint density at radius 3 is 2.59 bits per heavy atom. The second kappa shape index (κ2) is 8.50. The first kappa shape index (κ1) is 22.2. The lowest BCUT2D eigenvalue weighted by molar-refractivity contribution is -0.131. The number of imide groups is 1. The summed E-state index contributed by atoms with van der Waals surface area (Å²) in [5.74, 6) is -1.23. The van der Waals surface area contributed by atoms with Crippen LogP contribution in [0.2, 0.25) is 0 Å². The average Bonchev–Trinajstić information content (AvgIpc) is 3.45. The van der Waals surface area contributed by atoms with Crippen molar-refractivity contribution >= 4 is 17.7 Å². The maximum absolute atomic E-state index is 13.4. The molecule has 1 N–H and O–H groups in total. The molecule has 2 fully saturated rings. The van der Waals surface area contributed by atoms with Crippen LogP contribution in [0.4, 0.5) is 9.18 Å². The fraction of sp³-hybridized carbons (Fsp3) is 0.458. The standard InChI is InChI=1S/C24H28FN3O4/c1-4-24(17-7-9-18(25)10-8-17)22(30)28(23(31)26-24)14-21(29)20-12-15(2)27(16(20)3)13-19-6-5-11-32-19/h7-10,12,19H,4-6,11,13-14H2,1-3H3,(H,26,31)/t19-,24-/m0/s1. The van der Waals surface area contributed by atoms with Crippen LogP contribution in [0.3, 0.4) is 0 Å². The molecule has 0 aliphatic carbocycles. The predicted octanol–water partition coefficient (Wildman–Crippen LogP) is 3.46. The molecule has 2 aromatic rings. The maximum atomic E-state index is 13.4. The number of urea groups is 1. The fourth-order valence-corrected chi connectivity index (χ4v) is 4.73. The van der Waals surface area contributed by atoms with Gasteiger partial charge in [0.05, 0.1) is 12.6 Å². The van der Waals surface area contributed by atoms with E-state index in [9.17, 15) is 18.8 Å². The summed E-state index contributed by atoms with van der Waals surface area (Å²) in [6, 6.07) is 6.66. The highest BCUT2D eigenvalue weighted by atomic mass is 19.1. The predicted molar refractivity (Wildman–Crippen MR) is 116 cm³/mol. The van der Waals surface area contributed by atoms with Gasteiger partial charge in [-0.3, -0.25) is 14.5 Å². The normalized spacial score (nSPS) is 23.1. The topological polar surface area (TPSA) is 80.6 Å². The molecule has 170 valence electrons. The molecule has 3 heterocycles.